The van der Waals surface area contributed by atoms with Gasteiger partial charge >= 0.3 is 0 Å². The lowest BCUT2D eigenvalue weighted by Crippen LogP contribution is -2.54. The zero-order valence-electron chi connectivity index (χ0n) is 25.2. The molecule has 2 bridgehead atoms. The number of rotatable bonds is 5. The Bertz CT molecular complexity index is 1540. The number of likely N-dealkylation sites (tertiary alicyclic amines) is 1. The van der Waals surface area contributed by atoms with E-state index in [0.29, 0.717) is 30.3 Å². The summed E-state index contributed by atoms with van der Waals surface area (Å²) in [6.07, 6.45) is 3.91. The molecule has 2 N–H and O–H groups in total. The van der Waals surface area contributed by atoms with Crippen LogP contribution in [0.4, 0.5) is 29.0 Å². The van der Waals surface area contributed by atoms with Crippen LogP contribution in [0, 0.1) is 0 Å². The topological polar surface area (TPSA) is 89.9 Å². The Morgan fingerprint density at radius 3 is 2.60 bits per heavy atom. The maximum absolute atomic E-state index is 10.7. The van der Waals surface area contributed by atoms with Crippen LogP contribution in [-0.2, 0) is 15.8 Å². The van der Waals surface area contributed by atoms with Crippen molar-refractivity contribution in [2.45, 2.75) is 82.2 Å². The third-order valence-corrected chi connectivity index (χ3v) is 10.0. The maximum atomic E-state index is 10.7. The van der Waals surface area contributed by atoms with Crippen molar-refractivity contribution >= 4 is 40.6 Å². The molecule has 4 aliphatic heterocycles. The first-order valence-electron chi connectivity index (χ1n) is 14.9. The highest BCUT2D eigenvalue weighted by atomic mass is 35.5. The van der Waals surface area contributed by atoms with Gasteiger partial charge in [0.2, 0.25) is 5.95 Å². The van der Waals surface area contributed by atoms with E-state index in [0.717, 1.165) is 53.1 Å². The molecular weight excluding hydrogens is 550 g/mol. The van der Waals surface area contributed by atoms with E-state index < -0.39 is 5.60 Å². The van der Waals surface area contributed by atoms with Gasteiger partial charge < -0.3 is 25.0 Å². The fourth-order valence-electron chi connectivity index (χ4n) is 7.27. The first kappa shape index (κ1) is 27.8. The van der Waals surface area contributed by atoms with Crippen LogP contribution >= 0.6 is 11.6 Å². The van der Waals surface area contributed by atoms with E-state index >= 15 is 0 Å². The van der Waals surface area contributed by atoms with Crippen molar-refractivity contribution in [3.63, 3.8) is 0 Å². The van der Waals surface area contributed by atoms with Crippen molar-refractivity contribution < 1.29 is 9.84 Å². The monoisotopic (exact) mass is 589 g/mol. The van der Waals surface area contributed by atoms with Gasteiger partial charge in [0, 0.05) is 48.0 Å². The van der Waals surface area contributed by atoms with Crippen LogP contribution in [0.1, 0.15) is 58.7 Å². The SMILES string of the molecule is CN1C[C@@H]2C[C@H]1CN2c1ccc(Nc2ncc3c(n2)N(c2cccc(C(C)(C)O)n2)[C@@H]2CC(C)(C)OC[C@]32C)cc1Cl. The fourth-order valence-corrected chi connectivity index (χ4v) is 7.56. The van der Waals surface area contributed by atoms with Crippen LogP contribution < -0.4 is 15.1 Å². The standard InChI is InChI=1S/C32H40ClN7O2/c1-30(2)14-26-32(5,18-42-30)22-15-34-29(37-28(22)40(26)27-9-7-8-25(36-27)31(3,4)41)35-19-10-11-24(23(33)12-19)39-17-20-13-21(39)16-38(20)6/h7-12,15,20-21,26,41H,13-14,16-18H2,1-6H3,(H,34,35,37)/t20-,21-,26+,32+/m0/s1. The van der Waals surface area contributed by atoms with Gasteiger partial charge in [-0.2, -0.15) is 4.98 Å². The zero-order valence-corrected chi connectivity index (χ0v) is 26.0. The first-order valence-corrected chi connectivity index (χ1v) is 15.2. The Morgan fingerprint density at radius 1 is 1.10 bits per heavy atom. The number of nitrogens with one attached hydrogen (secondary N) is 1. The van der Waals surface area contributed by atoms with Gasteiger partial charge in [0.15, 0.2) is 0 Å². The summed E-state index contributed by atoms with van der Waals surface area (Å²) in [6, 6.07) is 13.1. The van der Waals surface area contributed by atoms with E-state index in [1.54, 1.807) is 13.8 Å². The molecule has 0 aliphatic carbocycles. The van der Waals surface area contributed by atoms with Crippen LogP contribution in [0.3, 0.4) is 0 Å². The molecule has 0 saturated carbocycles. The van der Waals surface area contributed by atoms with Gasteiger partial charge in [-0.25, -0.2) is 9.97 Å². The van der Waals surface area contributed by atoms with Gasteiger partial charge in [0.05, 0.1) is 34.7 Å². The molecule has 1 aromatic carbocycles. The number of fused-ring (bicyclic) bond motifs is 5. The predicted octanol–water partition coefficient (Wildman–Crippen LogP) is 5.37. The Kier molecular flexibility index (Phi) is 6.30. The number of ether oxygens (including phenoxy) is 1. The van der Waals surface area contributed by atoms with Gasteiger partial charge in [-0.3, -0.25) is 4.90 Å². The average molecular weight is 590 g/mol. The van der Waals surface area contributed by atoms with E-state index in [4.69, 9.17) is 31.3 Å². The van der Waals surface area contributed by atoms with Crippen molar-refractivity contribution in [3.8, 4) is 0 Å². The number of likely N-dealkylation sites (N-methyl/N-ethyl adjacent to an activating group) is 1. The lowest BCUT2D eigenvalue weighted by molar-refractivity contribution is -0.0893. The molecule has 3 aromatic rings. The highest BCUT2D eigenvalue weighted by Gasteiger charge is 2.55. The van der Waals surface area contributed by atoms with Gasteiger partial charge in [-0.1, -0.05) is 24.6 Å². The van der Waals surface area contributed by atoms with E-state index in [1.807, 2.05) is 30.5 Å². The Labute approximate surface area is 252 Å². The number of halogens is 1. The smallest absolute Gasteiger partial charge is 0.229 e. The predicted molar refractivity (Wildman–Crippen MR) is 166 cm³/mol. The Balaban J connectivity index is 1.22. The van der Waals surface area contributed by atoms with Gasteiger partial charge in [0.1, 0.15) is 17.2 Å². The quantitative estimate of drug-likeness (QED) is 0.408. The molecule has 3 fully saturated rings. The van der Waals surface area contributed by atoms with Crippen molar-refractivity contribution in [1.82, 2.24) is 19.9 Å². The number of nitrogens with zero attached hydrogens (tertiary/aromatic N) is 6. The summed E-state index contributed by atoms with van der Waals surface area (Å²) in [4.78, 5) is 21.8. The second-order valence-electron chi connectivity index (χ2n) is 13.9. The van der Waals surface area contributed by atoms with E-state index in [1.165, 1.54) is 6.42 Å². The number of aliphatic hydroxyl groups is 1. The minimum Gasteiger partial charge on any atom is -0.384 e. The number of piperazine rings is 1. The number of anilines is 5. The summed E-state index contributed by atoms with van der Waals surface area (Å²) < 4.78 is 6.34. The van der Waals surface area contributed by atoms with Crippen LogP contribution in [0.15, 0.2) is 42.6 Å². The van der Waals surface area contributed by atoms with Gasteiger partial charge in [0.25, 0.3) is 0 Å². The van der Waals surface area contributed by atoms with Crippen molar-refractivity contribution in [2.24, 2.45) is 0 Å². The van der Waals surface area contributed by atoms with E-state index in [9.17, 15) is 5.11 Å². The molecule has 2 aromatic heterocycles. The minimum atomic E-state index is -1.06. The highest BCUT2D eigenvalue weighted by molar-refractivity contribution is 6.33. The Hall–Kier alpha value is -2.98. The van der Waals surface area contributed by atoms with Gasteiger partial charge in [-0.05, 0) is 77.9 Å². The summed E-state index contributed by atoms with van der Waals surface area (Å²) in [5, 5.41) is 14.9. The number of hydrogen-bond donors (Lipinski definition) is 2. The second kappa shape index (κ2) is 9.51. The van der Waals surface area contributed by atoms with Crippen LogP contribution in [0.25, 0.3) is 0 Å². The summed E-state index contributed by atoms with van der Waals surface area (Å²) in [6.45, 7) is 12.6. The highest BCUT2D eigenvalue weighted by Crippen LogP contribution is 2.53. The van der Waals surface area contributed by atoms with Crippen molar-refractivity contribution in [2.75, 3.05) is 41.9 Å². The molecular formula is C32H40ClN7O2. The summed E-state index contributed by atoms with van der Waals surface area (Å²) >= 11 is 6.84. The molecule has 10 heteroatoms. The van der Waals surface area contributed by atoms with Gasteiger partial charge in [-0.15, -0.1) is 0 Å². The number of aromatic nitrogens is 3. The number of benzene rings is 1. The zero-order chi connectivity index (χ0) is 29.6. The summed E-state index contributed by atoms with van der Waals surface area (Å²) in [7, 11) is 2.21. The second-order valence-corrected chi connectivity index (χ2v) is 14.3. The van der Waals surface area contributed by atoms with Crippen LogP contribution in [-0.4, -0.2) is 75.4 Å². The maximum Gasteiger partial charge on any atom is 0.229 e. The fraction of sp³-hybridized carbons (Fsp3) is 0.531. The molecule has 0 spiro atoms. The third-order valence-electron chi connectivity index (χ3n) is 9.74. The lowest BCUT2D eigenvalue weighted by atomic mass is 9.73. The molecule has 4 aliphatic rings. The summed E-state index contributed by atoms with van der Waals surface area (Å²) in [5.74, 6) is 2.05. The molecule has 4 atom stereocenters. The van der Waals surface area contributed by atoms with E-state index in [2.05, 4.69) is 60.0 Å². The molecule has 6 heterocycles. The molecule has 7 rings (SSSR count). The molecule has 3 saturated heterocycles. The molecule has 42 heavy (non-hydrogen) atoms. The largest absolute Gasteiger partial charge is 0.384 e. The van der Waals surface area contributed by atoms with Crippen molar-refractivity contribution in [1.29, 1.82) is 0 Å². The third kappa shape index (κ3) is 4.53. The number of pyridine rings is 1. The average Bonchev–Trinajstić information content (AvgIpc) is 3.57. The Morgan fingerprint density at radius 2 is 1.90 bits per heavy atom. The first-order chi connectivity index (χ1) is 19.8. The normalized spacial score (nSPS) is 28.2. The lowest BCUT2D eigenvalue weighted by Gasteiger charge is -2.46. The van der Waals surface area contributed by atoms with Crippen LogP contribution in [0.2, 0.25) is 5.02 Å². The number of hydrogen-bond acceptors (Lipinski definition) is 9. The van der Waals surface area contributed by atoms with E-state index in [-0.39, 0.29) is 17.1 Å². The van der Waals surface area contributed by atoms with Crippen molar-refractivity contribution in [3.05, 3.63) is 58.9 Å². The molecule has 0 unspecified atom stereocenters. The summed E-state index contributed by atoms with van der Waals surface area (Å²) in [5.41, 5.74) is 1.89. The molecule has 222 valence electrons. The molecule has 9 nitrogen and oxygen atoms in total. The minimum absolute atomic E-state index is 0.0638. The van der Waals surface area contributed by atoms with Crippen LogP contribution in [0.5, 0.6) is 0 Å². The molecule has 0 amide bonds. The molecule has 0 radical (unpaired) electrons.